The smallest absolute Gasteiger partial charge is 0.257 e. The zero-order valence-corrected chi connectivity index (χ0v) is 12.2. The average Bonchev–Trinajstić information content (AvgIpc) is 2.47. The summed E-state index contributed by atoms with van der Waals surface area (Å²) in [6.45, 7) is 3.84. The van der Waals surface area contributed by atoms with Crippen molar-refractivity contribution in [3.63, 3.8) is 0 Å². The van der Waals surface area contributed by atoms with Crippen LogP contribution in [0.1, 0.15) is 24.2 Å². The number of carbonyl (C=O) groups excluding carboxylic acids is 1. The van der Waals surface area contributed by atoms with E-state index in [9.17, 15) is 4.79 Å². The van der Waals surface area contributed by atoms with Crippen LogP contribution in [0.3, 0.4) is 0 Å². The molecular formula is C13H17N7O. The van der Waals surface area contributed by atoms with Gasteiger partial charge in [-0.05, 0) is 0 Å². The van der Waals surface area contributed by atoms with E-state index in [0.717, 1.165) is 6.34 Å². The van der Waals surface area contributed by atoms with Crippen LogP contribution in [-0.4, -0.2) is 46.5 Å². The van der Waals surface area contributed by atoms with Gasteiger partial charge in [-0.1, -0.05) is 13.8 Å². The van der Waals surface area contributed by atoms with Crippen molar-refractivity contribution < 1.29 is 4.79 Å². The van der Waals surface area contributed by atoms with Crippen LogP contribution in [0, 0.1) is 17.2 Å². The Morgan fingerprint density at radius 3 is 2.62 bits per heavy atom. The Morgan fingerprint density at radius 1 is 1.52 bits per heavy atom. The Bertz CT molecular complexity index is 584. The van der Waals surface area contributed by atoms with Crippen molar-refractivity contribution in [2.45, 2.75) is 13.8 Å². The van der Waals surface area contributed by atoms with Crippen molar-refractivity contribution in [1.29, 1.82) is 5.26 Å². The van der Waals surface area contributed by atoms with Crippen LogP contribution in [-0.2, 0) is 0 Å². The SMILES string of the molecule is CC(C)/C(N=CN)=N\c1ncc(C(=O)N(C)CC#N)cn1. The maximum atomic E-state index is 11.9. The number of amides is 1. The number of nitriles is 1. The van der Waals surface area contributed by atoms with Crippen molar-refractivity contribution >= 4 is 24.0 Å². The lowest BCUT2D eigenvalue weighted by atomic mass is 10.2. The number of nitrogens with two attached hydrogens (primary N) is 1. The van der Waals surface area contributed by atoms with Crippen molar-refractivity contribution in [3.8, 4) is 6.07 Å². The van der Waals surface area contributed by atoms with E-state index < -0.39 is 0 Å². The predicted molar refractivity (Wildman–Crippen MR) is 79.2 cm³/mol. The third-order valence-electron chi connectivity index (χ3n) is 2.48. The maximum Gasteiger partial charge on any atom is 0.257 e. The molecule has 0 saturated heterocycles. The minimum atomic E-state index is -0.323. The fraction of sp³-hybridized carbons (Fsp3) is 0.385. The summed E-state index contributed by atoms with van der Waals surface area (Å²) in [4.78, 5) is 29.3. The van der Waals surface area contributed by atoms with E-state index >= 15 is 0 Å². The minimum Gasteiger partial charge on any atom is -0.390 e. The number of nitrogens with zero attached hydrogens (tertiary/aromatic N) is 6. The standard InChI is InChI=1S/C13H17N7O/c1-9(2)11(18-8-15)19-13-16-6-10(7-17-13)12(21)20(3)5-4-14/h6-9H,5H2,1-3H3,(H2,15,16,17,18,19). The zero-order valence-electron chi connectivity index (χ0n) is 12.2. The summed E-state index contributed by atoms with van der Waals surface area (Å²) in [5, 5.41) is 8.56. The molecule has 1 amide bonds. The van der Waals surface area contributed by atoms with E-state index in [0.29, 0.717) is 11.4 Å². The second-order valence-electron chi connectivity index (χ2n) is 4.49. The third-order valence-corrected chi connectivity index (χ3v) is 2.48. The van der Waals surface area contributed by atoms with Crippen molar-refractivity contribution in [3.05, 3.63) is 18.0 Å². The fourth-order valence-corrected chi connectivity index (χ4v) is 1.37. The van der Waals surface area contributed by atoms with Crippen LogP contribution in [0.25, 0.3) is 0 Å². The van der Waals surface area contributed by atoms with Gasteiger partial charge in [-0.15, -0.1) is 0 Å². The van der Waals surface area contributed by atoms with Crippen LogP contribution in [0.4, 0.5) is 5.95 Å². The largest absolute Gasteiger partial charge is 0.390 e. The molecule has 0 aliphatic rings. The molecule has 0 aromatic carbocycles. The first-order valence-corrected chi connectivity index (χ1v) is 6.27. The van der Waals surface area contributed by atoms with Gasteiger partial charge in [-0.2, -0.15) is 10.3 Å². The monoisotopic (exact) mass is 287 g/mol. The number of aliphatic imine (C=N–C) groups is 2. The maximum absolute atomic E-state index is 11.9. The van der Waals surface area contributed by atoms with Gasteiger partial charge >= 0.3 is 0 Å². The summed E-state index contributed by atoms with van der Waals surface area (Å²) in [5.41, 5.74) is 5.55. The van der Waals surface area contributed by atoms with Crippen LogP contribution < -0.4 is 5.73 Å². The summed E-state index contributed by atoms with van der Waals surface area (Å²) in [7, 11) is 1.53. The Labute approximate surface area is 123 Å². The van der Waals surface area contributed by atoms with Gasteiger partial charge in [-0.3, -0.25) is 4.79 Å². The molecule has 8 nitrogen and oxygen atoms in total. The Hall–Kier alpha value is -2.82. The molecule has 0 fully saturated rings. The molecule has 8 heteroatoms. The highest BCUT2D eigenvalue weighted by Gasteiger charge is 2.12. The van der Waals surface area contributed by atoms with Gasteiger partial charge in [0, 0.05) is 25.4 Å². The molecule has 0 radical (unpaired) electrons. The number of hydrogen-bond donors (Lipinski definition) is 1. The lowest BCUT2D eigenvalue weighted by Gasteiger charge is -2.12. The van der Waals surface area contributed by atoms with Crippen molar-refractivity contribution in [1.82, 2.24) is 14.9 Å². The average molecular weight is 287 g/mol. The van der Waals surface area contributed by atoms with Gasteiger partial charge in [0.25, 0.3) is 11.9 Å². The molecule has 1 heterocycles. The van der Waals surface area contributed by atoms with Crippen LogP contribution in [0.2, 0.25) is 0 Å². The molecule has 110 valence electrons. The summed E-state index contributed by atoms with van der Waals surface area (Å²) in [6.07, 6.45) is 3.89. The highest BCUT2D eigenvalue weighted by molar-refractivity contribution is 5.94. The van der Waals surface area contributed by atoms with Gasteiger partial charge < -0.3 is 10.6 Å². The second-order valence-corrected chi connectivity index (χ2v) is 4.49. The Balaban J connectivity index is 2.95. The highest BCUT2D eigenvalue weighted by Crippen LogP contribution is 2.09. The van der Waals surface area contributed by atoms with Gasteiger partial charge in [0.1, 0.15) is 12.4 Å². The minimum absolute atomic E-state index is 0.00144. The first kappa shape index (κ1) is 16.2. The number of hydrogen-bond acceptors (Lipinski definition) is 5. The van der Waals surface area contributed by atoms with Gasteiger partial charge in [0.2, 0.25) is 0 Å². The van der Waals surface area contributed by atoms with E-state index in [2.05, 4.69) is 20.0 Å². The van der Waals surface area contributed by atoms with Gasteiger partial charge in [0.05, 0.1) is 18.0 Å². The Morgan fingerprint density at radius 2 is 2.14 bits per heavy atom. The normalized spacial score (nSPS) is 11.7. The zero-order chi connectivity index (χ0) is 15.8. The molecule has 21 heavy (non-hydrogen) atoms. The molecule has 0 aliphatic carbocycles. The number of carbonyl (C=O) groups is 1. The first-order chi connectivity index (χ1) is 9.99. The Kier molecular flexibility index (Phi) is 5.95. The van der Waals surface area contributed by atoms with E-state index in [-0.39, 0.29) is 24.3 Å². The molecule has 0 aliphatic heterocycles. The third kappa shape index (κ3) is 4.65. The first-order valence-electron chi connectivity index (χ1n) is 6.27. The van der Waals surface area contributed by atoms with E-state index in [1.807, 2.05) is 19.9 Å². The highest BCUT2D eigenvalue weighted by atomic mass is 16.2. The molecule has 1 aromatic heterocycles. The predicted octanol–water partition coefficient (Wildman–Crippen LogP) is 0.745. The quantitative estimate of drug-likeness (QED) is 0.497. The number of aromatic nitrogens is 2. The fourth-order valence-electron chi connectivity index (χ4n) is 1.37. The van der Waals surface area contributed by atoms with Crippen LogP contribution in [0.15, 0.2) is 22.4 Å². The number of rotatable bonds is 4. The molecule has 2 N–H and O–H groups in total. The molecule has 1 rings (SSSR count). The second kappa shape index (κ2) is 7.69. The summed E-state index contributed by atoms with van der Waals surface area (Å²) in [5.74, 6) is 0.439. The lowest BCUT2D eigenvalue weighted by Crippen LogP contribution is -2.27. The summed E-state index contributed by atoms with van der Waals surface area (Å²) >= 11 is 0. The lowest BCUT2D eigenvalue weighted by molar-refractivity contribution is 0.0811. The van der Waals surface area contributed by atoms with Crippen LogP contribution in [0.5, 0.6) is 0 Å². The molecule has 0 spiro atoms. The van der Waals surface area contributed by atoms with Crippen LogP contribution >= 0.6 is 0 Å². The molecule has 0 unspecified atom stereocenters. The molecule has 0 bridgehead atoms. The van der Waals surface area contributed by atoms with Crippen molar-refractivity contribution in [2.75, 3.05) is 13.6 Å². The van der Waals surface area contributed by atoms with Gasteiger partial charge in [-0.25, -0.2) is 15.0 Å². The molecular weight excluding hydrogens is 270 g/mol. The topological polar surface area (TPSA) is 121 Å². The van der Waals surface area contributed by atoms with E-state index in [1.54, 1.807) is 0 Å². The number of amidine groups is 1. The van der Waals surface area contributed by atoms with E-state index in [4.69, 9.17) is 11.0 Å². The van der Waals surface area contributed by atoms with Gasteiger partial charge in [0.15, 0.2) is 0 Å². The molecule has 0 atom stereocenters. The summed E-state index contributed by atoms with van der Waals surface area (Å²) in [6, 6.07) is 1.90. The van der Waals surface area contributed by atoms with E-state index in [1.165, 1.54) is 24.3 Å². The molecule has 1 aromatic rings. The summed E-state index contributed by atoms with van der Waals surface area (Å²) < 4.78 is 0. The van der Waals surface area contributed by atoms with Crippen molar-refractivity contribution in [2.24, 2.45) is 21.6 Å². The molecule has 0 saturated carbocycles.